The molecule has 0 amide bonds. The predicted molar refractivity (Wildman–Crippen MR) is 65.1 cm³/mol. The lowest BCUT2D eigenvalue weighted by Gasteiger charge is -2.14. The molecule has 0 heterocycles. The molecule has 0 radical (unpaired) electrons. The minimum Gasteiger partial charge on any atom is -0.405 e. The van der Waals surface area contributed by atoms with Gasteiger partial charge in [0.05, 0.1) is 4.92 Å². The van der Waals surface area contributed by atoms with Crippen molar-refractivity contribution < 1.29 is 31.6 Å². The largest absolute Gasteiger partial charge is 0.573 e. The Hall–Kier alpha value is -2.71. The second kappa shape index (κ2) is 5.58. The highest BCUT2D eigenvalue weighted by molar-refractivity contribution is 5.78. The van der Waals surface area contributed by atoms with Crippen LogP contribution in [0, 0.1) is 21.7 Å². The number of hydrogen-bond acceptors (Lipinski definition) is 3. The van der Waals surface area contributed by atoms with Crippen molar-refractivity contribution in [3.63, 3.8) is 0 Å². The van der Waals surface area contributed by atoms with Gasteiger partial charge in [0.15, 0.2) is 11.6 Å². The van der Waals surface area contributed by atoms with Crippen LogP contribution in [0.1, 0.15) is 0 Å². The molecule has 0 saturated carbocycles. The van der Waals surface area contributed by atoms with E-state index >= 15 is 0 Å². The van der Waals surface area contributed by atoms with Crippen molar-refractivity contribution in [2.24, 2.45) is 0 Å². The number of alkyl halides is 3. The van der Waals surface area contributed by atoms with E-state index in [9.17, 15) is 32.1 Å². The van der Waals surface area contributed by atoms with Crippen LogP contribution in [0.2, 0.25) is 0 Å². The van der Waals surface area contributed by atoms with Crippen LogP contribution < -0.4 is 4.74 Å². The molecule has 0 unspecified atom stereocenters. The molecule has 9 heteroatoms. The second-order valence-corrected chi connectivity index (χ2v) is 4.06. The standard InChI is InChI=1S/C13H6F5NO3/c14-8-5-6-9(19(20)21)11(12(8)15)7-3-1-2-4-10(7)22-13(16,17)18/h1-6H. The van der Waals surface area contributed by atoms with Gasteiger partial charge < -0.3 is 4.74 Å². The fourth-order valence-electron chi connectivity index (χ4n) is 1.84. The summed E-state index contributed by atoms with van der Waals surface area (Å²) in [6.45, 7) is 0. The summed E-state index contributed by atoms with van der Waals surface area (Å²) in [4.78, 5) is 9.88. The number of nitro groups is 1. The van der Waals surface area contributed by atoms with E-state index in [1.165, 1.54) is 6.07 Å². The summed E-state index contributed by atoms with van der Waals surface area (Å²) in [7, 11) is 0. The first-order chi connectivity index (χ1) is 10.2. The number of hydrogen-bond donors (Lipinski definition) is 0. The number of para-hydroxylation sites is 1. The van der Waals surface area contributed by atoms with Gasteiger partial charge in [0, 0.05) is 11.6 Å². The Morgan fingerprint density at radius 3 is 2.27 bits per heavy atom. The van der Waals surface area contributed by atoms with E-state index in [1.54, 1.807) is 0 Å². The Morgan fingerprint density at radius 1 is 1.05 bits per heavy atom. The number of nitro benzene ring substituents is 1. The summed E-state index contributed by atoms with van der Waals surface area (Å²) in [6.07, 6.45) is -5.09. The summed E-state index contributed by atoms with van der Waals surface area (Å²) in [6, 6.07) is 5.37. The fourth-order valence-corrected chi connectivity index (χ4v) is 1.84. The molecule has 0 aliphatic heterocycles. The molecule has 0 aliphatic rings. The van der Waals surface area contributed by atoms with Crippen molar-refractivity contribution in [2.75, 3.05) is 0 Å². The van der Waals surface area contributed by atoms with E-state index in [-0.39, 0.29) is 0 Å². The van der Waals surface area contributed by atoms with E-state index in [0.717, 1.165) is 18.2 Å². The maximum Gasteiger partial charge on any atom is 0.573 e. The monoisotopic (exact) mass is 319 g/mol. The lowest BCUT2D eigenvalue weighted by atomic mass is 10.0. The second-order valence-electron chi connectivity index (χ2n) is 4.06. The van der Waals surface area contributed by atoms with Crippen LogP contribution in [0.5, 0.6) is 5.75 Å². The van der Waals surface area contributed by atoms with Gasteiger partial charge in [-0.25, -0.2) is 8.78 Å². The summed E-state index contributed by atoms with van der Waals surface area (Å²) in [5.74, 6) is -3.93. The van der Waals surface area contributed by atoms with Crippen LogP contribution in [-0.4, -0.2) is 11.3 Å². The molecule has 0 N–H and O–H groups in total. The summed E-state index contributed by atoms with van der Waals surface area (Å²) in [5.41, 5.74) is -2.37. The topological polar surface area (TPSA) is 52.4 Å². The van der Waals surface area contributed by atoms with Crippen molar-refractivity contribution in [1.82, 2.24) is 0 Å². The predicted octanol–water partition coefficient (Wildman–Crippen LogP) is 4.44. The number of ether oxygens (including phenoxy) is 1. The Labute approximate surface area is 119 Å². The minimum atomic E-state index is -5.09. The van der Waals surface area contributed by atoms with Crippen molar-refractivity contribution in [3.8, 4) is 16.9 Å². The highest BCUT2D eigenvalue weighted by atomic mass is 19.4. The molecule has 0 spiro atoms. The molecule has 116 valence electrons. The zero-order chi connectivity index (χ0) is 16.5. The van der Waals surface area contributed by atoms with Gasteiger partial charge >= 0.3 is 6.36 Å². The van der Waals surface area contributed by atoms with Crippen molar-refractivity contribution in [1.29, 1.82) is 0 Å². The molecule has 0 saturated heterocycles. The summed E-state index contributed by atoms with van der Waals surface area (Å²) < 4.78 is 68.0. The average Bonchev–Trinajstić information content (AvgIpc) is 2.40. The van der Waals surface area contributed by atoms with Crippen LogP contribution in [0.15, 0.2) is 36.4 Å². The molecule has 0 aromatic heterocycles. The van der Waals surface area contributed by atoms with Gasteiger partial charge in [-0.05, 0) is 12.1 Å². The molecule has 2 rings (SSSR count). The molecule has 4 nitrogen and oxygen atoms in total. The maximum atomic E-state index is 13.9. The van der Waals surface area contributed by atoms with E-state index < -0.39 is 45.5 Å². The third kappa shape index (κ3) is 3.13. The summed E-state index contributed by atoms with van der Waals surface area (Å²) >= 11 is 0. The normalized spacial score (nSPS) is 11.3. The first kappa shape index (κ1) is 15.7. The third-order valence-corrected chi connectivity index (χ3v) is 2.65. The Bertz CT molecular complexity index is 730. The third-order valence-electron chi connectivity index (χ3n) is 2.65. The van der Waals surface area contributed by atoms with E-state index in [1.807, 2.05) is 0 Å². The molecule has 0 bridgehead atoms. The molecule has 2 aromatic carbocycles. The molecule has 22 heavy (non-hydrogen) atoms. The first-order valence-electron chi connectivity index (χ1n) is 5.68. The first-order valence-corrected chi connectivity index (χ1v) is 5.68. The molecule has 0 fully saturated rings. The van der Waals surface area contributed by atoms with Crippen LogP contribution in [0.4, 0.5) is 27.6 Å². The smallest absolute Gasteiger partial charge is 0.405 e. The number of rotatable bonds is 3. The van der Waals surface area contributed by atoms with Gasteiger partial charge in [-0.3, -0.25) is 10.1 Å². The quantitative estimate of drug-likeness (QED) is 0.477. The number of nitrogens with zero attached hydrogens (tertiary/aromatic N) is 1. The lowest BCUT2D eigenvalue weighted by Crippen LogP contribution is -2.17. The van der Waals surface area contributed by atoms with Crippen LogP contribution in [0.25, 0.3) is 11.1 Å². The molecule has 0 aliphatic carbocycles. The fraction of sp³-hybridized carbons (Fsp3) is 0.0769. The molecule has 0 atom stereocenters. The van der Waals surface area contributed by atoms with E-state index in [0.29, 0.717) is 12.1 Å². The zero-order valence-electron chi connectivity index (χ0n) is 10.5. The van der Waals surface area contributed by atoms with E-state index in [4.69, 9.17) is 0 Å². The van der Waals surface area contributed by atoms with Crippen LogP contribution >= 0.6 is 0 Å². The van der Waals surface area contributed by atoms with Gasteiger partial charge in [0.2, 0.25) is 0 Å². The average molecular weight is 319 g/mol. The minimum absolute atomic E-state index is 0.518. The van der Waals surface area contributed by atoms with Crippen molar-refractivity contribution in [2.45, 2.75) is 6.36 Å². The van der Waals surface area contributed by atoms with Gasteiger partial charge in [-0.2, -0.15) is 0 Å². The molecule has 2 aromatic rings. The highest BCUT2D eigenvalue weighted by Crippen LogP contribution is 2.40. The van der Waals surface area contributed by atoms with E-state index in [2.05, 4.69) is 4.74 Å². The van der Waals surface area contributed by atoms with Crippen molar-refractivity contribution >= 4 is 5.69 Å². The van der Waals surface area contributed by atoms with Crippen LogP contribution in [0.3, 0.4) is 0 Å². The molecular weight excluding hydrogens is 313 g/mol. The van der Waals surface area contributed by atoms with Gasteiger partial charge in [0.1, 0.15) is 11.3 Å². The zero-order valence-corrected chi connectivity index (χ0v) is 10.5. The molecular formula is C13H6F5NO3. The van der Waals surface area contributed by atoms with Crippen molar-refractivity contribution in [3.05, 3.63) is 58.1 Å². The Kier molecular flexibility index (Phi) is 3.98. The van der Waals surface area contributed by atoms with Gasteiger partial charge in [0.25, 0.3) is 5.69 Å². The van der Waals surface area contributed by atoms with Crippen LogP contribution in [-0.2, 0) is 0 Å². The van der Waals surface area contributed by atoms with Gasteiger partial charge in [-0.1, -0.05) is 18.2 Å². The Balaban J connectivity index is 2.72. The number of benzene rings is 2. The SMILES string of the molecule is O=[N+]([O-])c1ccc(F)c(F)c1-c1ccccc1OC(F)(F)F. The Morgan fingerprint density at radius 2 is 1.68 bits per heavy atom. The maximum absolute atomic E-state index is 13.9. The number of halogens is 5. The lowest BCUT2D eigenvalue weighted by molar-refractivity contribution is -0.384. The van der Waals surface area contributed by atoms with Gasteiger partial charge in [-0.15, -0.1) is 13.2 Å². The highest BCUT2D eigenvalue weighted by Gasteiger charge is 2.34. The summed E-state index contributed by atoms with van der Waals surface area (Å²) in [5, 5.41) is 10.9.